The Bertz CT molecular complexity index is 925. The second kappa shape index (κ2) is 5.79. The lowest BCUT2D eigenvalue weighted by molar-refractivity contribution is 0.393. The molecule has 4 rings (SSSR count). The SMILES string of the molecule is Cc1cc(CSc2nc3sc4c(c3c(=O)[nH]2)CCC(C)C4)no1. The first-order chi connectivity index (χ1) is 11.1. The second-order valence-corrected chi connectivity index (χ2v) is 8.17. The van der Waals surface area contributed by atoms with Crippen LogP contribution in [0.15, 0.2) is 20.5 Å². The van der Waals surface area contributed by atoms with E-state index in [0.717, 1.165) is 40.9 Å². The molecule has 0 fully saturated rings. The van der Waals surface area contributed by atoms with Crippen molar-refractivity contribution < 1.29 is 4.52 Å². The average molecular weight is 347 g/mol. The molecule has 3 aromatic heterocycles. The minimum Gasteiger partial charge on any atom is -0.361 e. The van der Waals surface area contributed by atoms with E-state index in [1.165, 1.54) is 22.2 Å². The molecule has 5 nitrogen and oxygen atoms in total. The number of aromatic amines is 1. The lowest BCUT2D eigenvalue weighted by Gasteiger charge is -2.17. The van der Waals surface area contributed by atoms with Crippen LogP contribution in [0.5, 0.6) is 0 Å². The molecule has 0 aromatic carbocycles. The van der Waals surface area contributed by atoms with Gasteiger partial charge in [0.15, 0.2) is 5.16 Å². The van der Waals surface area contributed by atoms with Crippen LogP contribution < -0.4 is 5.56 Å². The summed E-state index contributed by atoms with van der Waals surface area (Å²) < 4.78 is 5.06. The van der Waals surface area contributed by atoms with Crippen LogP contribution in [0.2, 0.25) is 0 Å². The van der Waals surface area contributed by atoms with E-state index in [2.05, 4.69) is 22.0 Å². The lowest BCUT2D eigenvalue weighted by Crippen LogP contribution is -2.13. The number of thiophene rings is 1. The van der Waals surface area contributed by atoms with Gasteiger partial charge in [0, 0.05) is 16.7 Å². The van der Waals surface area contributed by atoms with Crippen LogP contribution in [0.4, 0.5) is 0 Å². The predicted molar refractivity (Wildman–Crippen MR) is 92.2 cm³/mol. The van der Waals surface area contributed by atoms with Crippen LogP contribution in [-0.2, 0) is 18.6 Å². The molecule has 7 heteroatoms. The highest BCUT2D eigenvalue weighted by Crippen LogP contribution is 2.36. The highest BCUT2D eigenvalue weighted by atomic mass is 32.2. The van der Waals surface area contributed by atoms with E-state index in [9.17, 15) is 4.79 Å². The molecule has 1 aliphatic carbocycles. The van der Waals surface area contributed by atoms with Gasteiger partial charge in [0.25, 0.3) is 5.56 Å². The fourth-order valence-corrected chi connectivity index (χ4v) is 5.21. The monoisotopic (exact) mass is 347 g/mol. The highest BCUT2D eigenvalue weighted by molar-refractivity contribution is 7.98. The van der Waals surface area contributed by atoms with Gasteiger partial charge in [-0.25, -0.2) is 4.98 Å². The van der Waals surface area contributed by atoms with Gasteiger partial charge in [-0.15, -0.1) is 11.3 Å². The van der Waals surface area contributed by atoms with Gasteiger partial charge in [0.2, 0.25) is 0 Å². The predicted octanol–water partition coefficient (Wildman–Crippen LogP) is 3.70. The normalized spacial score (nSPS) is 17.6. The Morgan fingerprint density at radius 1 is 1.52 bits per heavy atom. The molecule has 23 heavy (non-hydrogen) atoms. The molecule has 0 saturated carbocycles. The molecule has 3 heterocycles. The minimum atomic E-state index is -0.0131. The fraction of sp³-hybridized carbons (Fsp3) is 0.438. The van der Waals surface area contributed by atoms with Crippen LogP contribution in [-0.4, -0.2) is 15.1 Å². The Labute approximate surface area is 141 Å². The summed E-state index contributed by atoms with van der Waals surface area (Å²) in [7, 11) is 0. The van der Waals surface area contributed by atoms with Gasteiger partial charge >= 0.3 is 0 Å². The maximum absolute atomic E-state index is 12.5. The van der Waals surface area contributed by atoms with Crippen molar-refractivity contribution in [2.45, 2.75) is 44.0 Å². The van der Waals surface area contributed by atoms with Gasteiger partial charge < -0.3 is 9.51 Å². The van der Waals surface area contributed by atoms with Gasteiger partial charge in [-0.05, 0) is 37.7 Å². The molecule has 3 aromatic rings. The maximum Gasteiger partial charge on any atom is 0.260 e. The van der Waals surface area contributed by atoms with Gasteiger partial charge in [-0.3, -0.25) is 4.79 Å². The summed E-state index contributed by atoms with van der Waals surface area (Å²) in [4.78, 5) is 22.3. The molecule has 0 saturated heterocycles. The number of H-pyrrole nitrogens is 1. The summed E-state index contributed by atoms with van der Waals surface area (Å²) in [6.07, 6.45) is 3.21. The van der Waals surface area contributed by atoms with Crippen molar-refractivity contribution in [1.29, 1.82) is 0 Å². The molecule has 0 spiro atoms. The topological polar surface area (TPSA) is 71.8 Å². The molecule has 1 unspecified atom stereocenters. The Morgan fingerprint density at radius 3 is 3.17 bits per heavy atom. The second-order valence-electron chi connectivity index (χ2n) is 6.12. The molecule has 0 amide bonds. The molecule has 0 radical (unpaired) electrons. The number of aromatic nitrogens is 3. The van der Waals surface area contributed by atoms with Crippen LogP contribution in [0.25, 0.3) is 10.2 Å². The van der Waals surface area contributed by atoms with E-state index in [1.54, 1.807) is 11.3 Å². The molecule has 1 aliphatic rings. The molecular weight excluding hydrogens is 330 g/mol. The zero-order valence-electron chi connectivity index (χ0n) is 13.0. The summed E-state index contributed by atoms with van der Waals surface area (Å²) in [5, 5.41) is 5.42. The Hall–Kier alpha value is -1.60. The van der Waals surface area contributed by atoms with Crippen molar-refractivity contribution in [2.75, 3.05) is 0 Å². The van der Waals surface area contributed by atoms with Crippen LogP contribution in [0, 0.1) is 12.8 Å². The highest BCUT2D eigenvalue weighted by Gasteiger charge is 2.23. The van der Waals surface area contributed by atoms with Crippen LogP contribution in [0.1, 0.15) is 35.2 Å². The van der Waals surface area contributed by atoms with Gasteiger partial charge in [-0.1, -0.05) is 23.8 Å². The number of hydrogen-bond donors (Lipinski definition) is 1. The molecule has 1 N–H and O–H groups in total. The third-order valence-electron chi connectivity index (χ3n) is 4.18. The number of thioether (sulfide) groups is 1. The third kappa shape index (κ3) is 2.83. The first-order valence-corrected chi connectivity index (χ1v) is 9.50. The summed E-state index contributed by atoms with van der Waals surface area (Å²) >= 11 is 3.16. The molecular formula is C16H17N3O2S2. The maximum atomic E-state index is 12.5. The first-order valence-electron chi connectivity index (χ1n) is 7.69. The summed E-state index contributed by atoms with van der Waals surface area (Å²) in [6.45, 7) is 4.14. The zero-order valence-corrected chi connectivity index (χ0v) is 14.6. The van der Waals surface area contributed by atoms with E-state index in [1.807, 2.05) is 13.0 Å². The van der Waals surface area contributed by atoms with Gasteiger partial charge in [0.05, 0.1) is 11.1 Å². The summed E-state index contributed by atoms with van der Waals surface area (Å²) in [5.74, 6) is 2.12. The summed E-state index contributed by atoms with van der Waals surface area (Å²) in [5.41, 5.74) is 2.07. The van der Waals surface area contributed by atoms with Crippen LogP contribution in [0.3, 0.4) is 0 Å². The third-order valence-corrected chi connectivity index (χ3v) is 6.23. The van der Waals surface area contributed by atoms with Crippen molar-refractivity contribution in [3.8, 4) is 0 Å². The number of aryl methyl sites for hydroxylation is 2. The van der Waals surface area contributed by atoms with E-state index >= 15 is 0 Å². The number of nitrogens with one attached hydrogen (secondary N) is 1. The molecule has 0 aliphatic heterocycles. The van der Waals surface area contributed by atoms with Crippen molar-refractivity contribution in [1.82, 2.24) is 15.1 Å². The number of rotatable bonds is 3. The van der Waals surface area contributed by atoms with Crippen molar-refractivity contribution >= 4 is 33.3 Å². The van der Waals surface area contributed by atoms with Gasteiger partial charge in [0.1, 0.15) is 10.6 Å². The van der Waals surface area contributed by atoms with Crippen LogP contribution >= 0.6 is 23.1 Å². The van der Waals surface area contributed by atoms with E-state index in [0.29, 0.717) is 16.8 Å². The Kier molecular flexibility index (Phi) is 3.77. The molecule has 1 atom stereocenters. The number of nitrogens with zero attached hydrogens (tertiary/aromatic N) is 2. The largest absolute Gasteiger partial charge is 0.361 e. The number of fused-ring (bicyclic) bond motifs is 3. The Morgan fingerprint density at radius 2 is 2.39 bits per heavy atom. The number of hydrogen-bond acceptors (Lipinski definition) is 6. The standard InChI is InChI=1S/C16H17N3O2S2/c1-8-3-4-11-12(5-8)23-15-13(11)14(20)17-16(18-15)22-7-10-6-9(2)21-19-10/h6,8H,3-5,7H2,1-2H3,(H,17,18,20). The minimum absolute atomic E-state index is 0.0131. The summed E-state index contributed by atoms with van der Waals surface area (Å²) in [6, 6.07) is 1.90. The quantitative estimate of drug-likeness (QED) is 0.578. The van der Waals surface area contributed by atoms with E-state index < -0.39 is 0 Å². The van der Waals surface area contributed by atoms with Crippen molar-refractivity contribution in [3.05, 3.63) is 38.3 Å². The van der Waals surface area contributed by atoms with Crippen molar-refractivity contribution in [3.63, 3.8) is 0 Å². The zero-order chi connectivity index (χ0) is 16.0. The average Bonchev–Trinajstić information content (AvgIpc) is 3.07. The lowest BCUT2D eigenvalue weighted by atomic mass is 9.89. The van der Waals surface area contributed by atoms with Crippen molar-refractivity contribution in [2.24, 2.45) is 5.92 Å². The Balaban J connectivity index is 1.66. The fourth-order valence-electron chi connectivity index (χ4n) is 3.03. The van der Waals surface area contributed by atoms with E-state index in [4.69, 9.17) is 4.52 Å². The molecule has 0 bridgehead atoms. The smallest absolute Gasteiger partial charge is 0.260 e. The first kappa shape index (κ1) is 15.0. The molecule has 120 valence electrons. The van der Waals surface area contributed by atoms with Gasteiger partial charge in [-0.2, -0.15) is 0 Å². The van der Waals surface area contributed by atoms with E-state index in [-0.39, 0.29) is 5.56 Å².